The highest BCUT2D eigenvalue weighted by molar-refractivity contribution is 6.30. The summed E-state index contributed by atoms with van der Waals surface area (Å²) in [4.78, 5) is 19.6. The van der Waals surface area contributed by atoms with Crippen LogP contribution in [0.1, 0.15) is 19.7 Å². The molecule has 0 spiro atoms. The van der Waals surface area contributed by atoms with Crippen LogP contribution in [0.4, 0.5) is 0 Å². The number of aromatic nitrogens is 2. The van der Waals surface area contributed by atoms with E-state index in [0.717, 1.165) is 11.0 Å². The second-order valence-electron chi connectivity index (χ2n) is 7.40. The number of carbonyl (C=O) groups excluding carboxylic acids is 1. The maximum atomic E-state index is 13.0. The molecule has 0 radical (unpaired) electrons. The zero-order valence-electron chi connectivity index (χ0n) is 16.5. The molecule has 1 saturated heterocycles. The minimum absolute atomic E-state index is 0.0370. The van der Waals surface area contributed by atoms with Crippen molar-refractivity contribution in [1.29, 1.82) is 0 Å². The largest absolute Gasteiger partial charge is 0.486 e. The van der Waals surface area contributed by atoms with Crippen molar-refractivity contribution in [2.45, 2.75) is 39.2 Å². The van der Waals surface area contributed by atoms with Gasteiger partial charge in [-0.1, -0.05) is 23.7 Å². The molecule has 2 atom stereocenters. The van der Waals surface area contributed by atoms with Gasteiger partial charge in [-0.2, -0.15) is 0 Å². The van der Waals surface area contributed by atoms with Crippen LogP contribution in [0.15, 0.2) is 48.5 Å². The van der Waals surface area contributed by atoms with Crippen LogP contribution in [0.2, 0.25) is 5.02 Å². The quantitative estimate of drug-likeness (QED) is 0.636. The van der Waals surface area contributed by atoms with E-state index in [4.69, 9.17) is 21.1 Å². The first-order valence-electron chi connectivity index (χ1n) is 9.75. The zero-order chi connectivity index (χ0) is 20.4. The second kappa shape index (κ2) is 8.43. The van der Waals surface area contributed by atoms with E-state index >= 15 is 0 Å². The van der Waals surface area contributed by atoms with Gasteiger partial charge >= 0.3 is 0 Å². The van der Waals surface area contributed by atoms with Crippen LogP contribution in [0.5, 0.6) is 5.75 Å². The normalized spacial score (nSPS) is 19.5. The first-order chi connectivity index (χ1) is 14.0. The number of nitrogens with zero attached hydrogens (tertiary/aromatic N) is 3. The van der Waals surface area contributed by atoms with Crippen LogP contribution in [-0.2, 0) is 22.7 Å². The Hall–Kier alpha value is -2.57. The minimum atomic E-state index is 0.0370. The summed E-state index contributed by atoms with van der Waals surface area (Å²) in [6.07, 6.45) is 0.0740. The molecule has 1 amide bonds. The highest BCUT2D eigenvalue weighted by atomic mass is 35.5. The lowest BCUT2D eigenvalue weighted by atomic mass is 10.2. The van der Waals surface area contributed by atoms with Crippen molar-refractivity contribution < 1.29 is 14.3 Å². The molecule has 2 aromatic carbocycles. The van der Waals surface area contributed by atoms with Crippen LogP contribution in [0, 0.1) is 0 Å². The van der Waals surface area contributed by atoms with Crippen molar-refractivity contribution >= 4 is 28.5 Å². The number of benzene rings is 2. The number of halogens is 1. The van der Waals surface area contributed by atoms with Crippen molar-refractivity contribution in [3.63, 3.8) is 0 Å². The van der Waals surface area contributed by atoms with Crippen LogP contribution in [0.3, 0.4) is 0 Å². The Labute approximate surface area is 175 Å². The summed E-state index contributed by atoms with van der Waals surface area (Å²) >= 11 is 5.94. The Morgan fingerprint density at radius 2 is 1.83 bits per heavy atom. The molecule has 1 aliphatic rings. The number of hydrogen-bond acceptors (Lipinski definition) is 4. The number of carbonyl (C=O) groups is 1. The lowest BCUT2D eigenvalue weighted by Gasteiger charge is -2.35. The van der Waals surface area contributed by atoms with E-state index in [1.165, 1.54) is 0 Å². The molecule has 7 heteroatoms. The standard InChI is InChI=1S/C22H24ClN3O3/c1-15-11-25(12-16(2)29-15)22(27)13-26-20-6-4-3-5-19(20)24-21(26)14-28-18-9-7-17(23)8-10-18/h3-10,15-16H,11-14H2,1-2H3. The highest BCUT2D eigenvalue weighted by Gasteiger charge is 2.26. The third kappa shape index (κ3) is 4.54. The van der Waals surface area contributed by atoms with Gasteiger partial charge in [0.15, 0.2) is 0 Å². The van der Waals surface area contributed by atoms with Crippen molar-refractivity contribution in [2.24, 2.45) is 0 Å². The third-order valence-corrected chi connectivity index (χ3v) is 5.23. The molecule has 1 fully saturated rings. The Bertz CT molecular complexity index is 992. The summed E-state index contributed by atoms with van der Waals surface area (Å²) in [6, 6.07) is 15.0. The maximum Gasteiger partial charge on any atom is 0.242 e. The summed E-state index contributed by atoms with van der Waals surface area (Å²) < 4.78 is 13.6. The van der Waals surface area contributed by atoms with Gasteiger partial charge in [0.05, 0.1) is 23.2 Å². The third-order valence-electron chi connectivity index (χ3n) is 4.98. The Morgan fingerprint density at radius 3 is 2.55 bits per heavy atom. The molecule has 0 bridgehead atoms. The van der Waals surface area contributed by atoms with Crippen molar-refractivity contribution in [3.8, 4) is 5.75 Å². The molecule has 4 rings (SSSR count). The number of para-hydroxylation sites is 2. The molecule has 0 aliphatic carbocycles. The number of ether oxygens (including phenoxy) is 2. The fourth-order valence-corrected chi connectivity index (χ4v) is 3.83. The molecule has 2 heterocycles. The molecule has 1 aliphatic heterocycles. The summed E-state index contributed by atoms with van der Waals surface area (Å²) in [6.45, 7) is 5.68. The average Bonchev–Trinajstić information content (AvgIpc) is 3.04. The zero-order valence-corrected chi connectivity index (χ0v) is 17.3. The lowest BCUT2D eigenvalue weighted by molar-refractivity contribution is -0.143. The predicted molar refractivity (Wildman–Crippen MR) is 112 cm³/mol. The van der Waals surface area contributed by atoms with Crippen LogP contribution < -0.4 is 4.74 Å². The molecule has 6 nitrogen and oxygen atoms in total. The van der Waals surface area contributed by atoms with E-state index in [1.807, 2.05) is 59.7 Å². The summed E-state index contributed by atoms with van der Waals surface area (Å²) in [7, 11) is 0. The summed E-state index contributed by atoms with van der Waals surface area (Å²) in [5.41, 5.74) is 1.77. The number of rotatable bonds is 5. The first kappa shape index (κ1) is 19.7. The second-order valence-corrected chi connectivity index (χ2v) is 7.84. The number of imidazole rings is 1. The van der Waals surface area contributed by atoms with Gasteiger partial charge in [-0.3, -0.25) is 4.79 Å². The van der Waals surface area contributed by atoms with E-state index in [-0.39, 0.29) is 31.3 Å². The molecule has 29 heavy (non-hydrogen) atoms. The molecule has 152 valence electrons. The molecule has 0 saturated carbocycles. The Kier molecular flexibility index (Phi) is 5.74. The monoisotopic (exact) mass is 413 g/mol. The number of morpholine rings is 1. The smallest absolute Gasteiger partial charge is 0.242 e. The Balaban J connectivity index is 1.56. The summed E-state index contributed by atoms with van der Waals surface area (Å²) in [5, 5.41) is 0.657. The van der Waals surface area contributed by atoms with Gasteiger partial charge < -0.3 is 18.9 Å². The highest BCUT2D eigenvalue weighted by Crippen LogP contribution is 2.21. The van der Waals surface area contributed by atoms with Crippen molar-refractivity contribution in [1.82, 2.24) is 14.5 Å². The Morgan fingerprint density at radius 1 is 1.14 bits per heavy atom. The molecule has 1 aromatic heterocycles. The molecular formula is C22H24ClN3O3. The van der Waals surface area contributed by atoms with E-state index in [2.05, 4.69) is 4.98 Å². The fourth-order valence-electron chi connectivity index (χ4n) is 3.71. The number of amides is 1. The summed E-state index contributed by atoms with van der Waals surface area (Å²) in [5.74, 6) is 1.47. The van der Waals surface area contributed by atoms with E-state index in [0.29, 0.717) is 29.7 Å². The van der Waals surface area contributed by atoms with Gasteiger partial charge in [-0.05, 0) is 50.2 Å². The minimum Gasteiger partial charge on any atom is -0.486 e. The van der Waals surface area contributed by atoms with E-state index < -0.39 is 0 Å². The van der Waals surface area contributed by atoms with Gasteiger partial charge in [0.1, 0.15) is 24.7 Å². The van der Waals surface area contributed by atoms with Crippen LogP contribution in [-0.4, -0.2) is 45.7 Å². The van der Waals surface area contributed by atoms with Crippen molar-refractivity contribution in [2.75, 3.05) is 13.1 Å². The number of fused-ring (bicyclic) bond motifs is 1. The maximum absolute atomic E-state index is 13.0. The topological polar surface area (TPSA) is 56.6 Å². The van der Waals surface area contributed by atoms with E-state index in [1.54, 1.807) is 12.1 Å². The van der Waals surface area contributed by atoms with Crippen LogP contribution >= 0.6 is 11.6 Å². The van der Waals surface area contributed by atoms with Crippen LogP contribution in [0.25, 0.3) is 11.0 Å². The van der Waals surface area contributed by atoms with Crippen molar-refractivity contribution in [3.05, 3.63) is 59.4 Å². The van der Waals surface area contributed by atoms with Gasteiger partial charge in [0, 0.05) is 18.1 Å². The van der Waals surface area contributed by atoms with Gasteiger partial charge in [-0.25, -0.2) is 4.98 Å². The molecule has 0 N–H and O–H groups in total. The molecule has 3 aromatic rings. The average molecular weight is 414 g/mol. The van der Waals surface area contributed by atoms with Gasteiger partial charge in [-0.15, -0.1) is 0 Å². The fraction of sp³-hybridized carbons (Fsp3) is 0.364. The lowest BCUT2D eigenvalue weighted by Crippen LogP contribution is -2.49. The number of hydrogen-bond donors (Lipinski definition) is 0. The van der Waals surface area contributed by atoms with Gasteiger partial charge in [0.2, 0.25) is 5.91 Å². The predicted octanol–water partition coefficient (Wildman–Crippen LogP) is 3.90. The molecule has 2 unspecified atom stereocenters. The van der Waals surface area contributed by atoms with Gasteiger partial charge in [0.25, 0.3) is 0 Å². The first-order valence-corrected chi connectivity index (χ1v) is 10.1. The molecular weight excluding hydrogens is 390 g/mol. The van der Waals surface area contributed by atoms with E-state index in [9.17, 15) is 4.79 Å². The SMILES string of the molecule is CC1CN(C(=O)Cn2c(COc3ccc(Cl)cc3)nc3ccccc32)CC(C)O1.